The first-order valence-corrected chi connectivity index (χ1v) is 8.17. The third kappa shape index (κ3) is 4.84. The third-order valence-corrected chi connectivity index (χ3v) is 3.91. The number of urea groups is 1. The topological polar surface area (TPSA) is 46.1 Å². The summed E-state index contributed by atoms with van der Waals surface area (Å²) in [6.45, 7) is 0.895. The van der Waals surface area contributed by atoms with Crippen LogP contribution < -0.4 is 10.6 Å². The van der Waals surface area contributed by atoms with Crippen LogP contribution in [0.5, 0.6) is 0 Å². The zero-order chi connectivity index (χ0) is 17.6. The van der Waals surface area contributed by atoms with Crippen molar-refractivity contribution in [2.45, 2.75) is 13.1 Å². The smallest absolute Gasteiger partial charge is 0.319 e. The molecule has 4 nitrogen and oxygen atoms in total. The lowest BCUT2D eigenvalue weighted by molar-refractivity contribution is 0.251. The van der Waals surface area contributed by atoms with Crippen molar-refractivity contribution in [3.63, 3.8) is 0 Å². The molecule has 2 amide bonds. The Balaban J connectivity index is 1.58. The molecule has 1 aromatic heterocycles. The average molecular weight is 358 g/mol. The van der Waals surface area contributed by atoms with Crippen LogP contribution in [0.1, 0.15) is 11.3 Å². The zero-order valence-corrected chi connectivity index (χ0v) is 14.1. The quantitative estimate of drug-likeness (QED) is 0.686. The molecule has 0 unspecified atom stereocenters. The van der Waals surface area contributed by atoms with Gasteiger partial charge in [0, 0.05) is 29.1 Å². The summed E-state index contributed by atoms with van der Waals surface area (Å²) in [6.07, 6.45) is 1.90. The van der Waals surface area contributed by atoms with Crippen molar-refractivity contribution in [1.29, 1.82) is 0 Å². The molecule has 0 aliphatic carbocycles. The minimum Gasteiger partial charge on any atom is -0.345 e. The summed E-state index contributed by atoms with van der Waals surface area (Å²) >= 11 is 5.89. The van der Waals surface area contributed by atoms with Gasteiger partial charge in [0.15, 0.2) is 0 Å². The number of aromatic nitrogens is 1. The Morgan fingerprint density at radius 2 is 1.92 bits per heavy atom. The van der Waals surface area contributed by atoms with Crippen LogP contribution in [0.2, 0.25) is 5.02 Å². The Hall–Kier alpha value is -2.79. The largest absolute Gasteiger partial charge is 0.345 e. The van der Waals surface area contributed by atoms with Crippen LogP contribution in [0.25, 0.3) is 0 Å². The maximum absolute atomic E-state index is 13.3. The van der Waals surface area contributed by atoms with Gasteiger partial charge in [0.05, 0.1) is 6.54 Å². The predicted octanol–water partition coefficient (Wildman–Crippen LogP) is 4.65. The van der Waals surface area contributed by atoms with Crippen molar-refractivity contribution < 1.29 is 9.18 Å². The molecule has 0 saturated heterocycles. The number of hydrogen-bond donors (Lipinski definition) is 2. The number of benzene rings is 2. The second kappa shape index (κ2) is 7.85. The fraction of sp³-hybridized carbons (Fsp3) is 0.105. The van der Waals surface area contributed by atoms with E-state index in [1.807, 2.05) is 29.0 Å². The molecule has 0 bridgehead atoms. The minimum atomic E-state index is -0.319. The van der Waals surface area contributed by atoms with Gasteiger partial charge in [-0.1, -0.05) is 29.8 Å². The first-order chi connectivity index (χ1) is 12.1. The number of rotatable bonds is 5. The van der Waals surface area contributed by atoms with Gasteiger partial charge in [-0.3, -0.25) is 0 Å². The number of anilines is 1. The molecule has 6 heteroatoms. The number of amides is 2. The van der Waals surface area contributed by atoms with Crippen molar-refractivity contribution in [3.05, 3.63) is 89.0 Å². The number of nitrogens with one attached hydrogen (secondary N) is 2. The van der Waals surface area contributed by atoms with Crippen molar-refractivity contribution in [1.82, 2.24) is 9.88 Å². The molecule has 0 saturated carbocycles. The molecular formula is C19H17ClFN3O. The maximum atomic E-state index is 13.3. The van der Waals surface area contributed by atoms with E-state index < -0.39 is 0 Å². The summed E-state index contributed by atoms with van der Waals surface area (Å²) in [6, 6.07) is 16.9. The van der Waals surface area contributed by atoms with Gasteiger partial charge in [-0.15, -0.1) is 0 Å². The van der Waals surface area contributed by atoms with Crippen LogP contribution in [-0.4, -0.2) is 10.6 Å². The number of carbonyl (C=O) groups excluding carboxylic acids is 1. The molecule has 2 aromatic carbocycles. The predicted molar refractivity (Wildman–Crippen MR) is 97.2 cm³/mol. The van der Waals surface area contributed by atoms with Crippen molar-refractivity contribution >= 4 is 23.3 Å². The average Bonchev–Trinajstić information content (AvgIpc) is 3.00. The molecule has 25 heavy (non-hydrogen) atoms. The van der Waals surface area contributed by atoms with Crippen molar-refractivity contribution in [2.75, 3.05) is 5.32 Å². The molecule has 128 valence electrons. The van der Waals surface area contributed by atoms with Crippen LogP contribution in [0, 0.1) is 5.82 Å². The van der Waals surface area contributed by atoms with Gasteiger partial charge < -0.3 is 15.2 Å². The monoisotopic (exact) mass is 357 g/mol. The zero-order valence-electron chi connectivity index (χ0n) is 13.4. The van der Waals surface area contributed by atoms with Gasteiger partial charge in [-0.25, -0.2) is 9.18 Å². The van der Waals surface area contributed by atoms with Crippen LogP contribution >= 0.6 is 11.6 Å². The Kier molecular flexibility index (Phi) is 5.36. The Labute approximate surface area is 150 Å². The molecule has 1 heterocycles. The molecule has 0 aliphatic rings. The molecule has 0 radical (unpaired) electrons. The summed E-state index contributed by atoms with van der Waals surface area (Å²) in [5, 5.41) is 6.09. The Bertz CT molecular complexity index is 878. The molecule has 0 spiro atoms. The number of hydrogen-bond acceptors (Lipinski definition) is 1. The standard InChI is InChI=1S/C19H17ClFN3O/c20-15-5-2-7-17(11-15)23-19(25)22-12-18-8-3-9-24(18)13-14-4-1-6-16(21)10-14/h1-11H,12-13H2,(H2,22,23,25). The van der Waals surface area contributed by atoms with E-state index in [1.165, 1.54) is 12.1 Å². The van der Waals surface area contributed by atoms with E-state index in [0.717, 1.165) is 11.3 Å². The Morgan fingerprint density at radius 1 is 1.08 bits per heavy atom. The molecule has 2 N–H and O–H groups in total. The fourth-order valence-corrected chi connectivity index (χ4v) is 2.70. The lowest BCUT2D eigenvalue weighted by atomic mass is 10.2. The van der Waals surface area contributed by atoms with E-state index in [-0.39, 0.29) is 11.8 Å². The highest BCUT2D eigenvalue weighted by Gasteiger charge is 2.06. The van der Waals surface area contributed by atoms with Crippen LogP contribution in [0.4, 0.5) is 14.9 Å². The van der Waals surface area contributed by atoms with E-state index in [0.29, 0.717) is 23.8 Å². The highest BCUT2D eigenvalue weighted by molar-refractivity contribution is 6.30. The second-order valence-corrected chi connectivity index (χ2v) is 6.01. The van der Waals surface area contributed by atoms with Crippen molar-refractivity contribution in [2.24, 2.45) is 0 Å². The van der Waals surface area contributed by atoms with E-state index in [2.05, 4.69) is 10.6 Å². The van der Waals surface area contributed by atoms with E-state index in [4.69, 9.17) is 11.6 Å². The van der Waals surface area contributed by atoms with E-state index in [9.17, 15) is 9.18 Å². The van der Waals surface area contributed by atoms with Gasteiger partial charge in [0.25, 0.3) is 0 Å². The highest BCUT2D eigenvalue weighted by Crippen LogP contribution is 2.15. The molecule has 0 aliphatic heterocycles. The van der Waals surface area contributed by atoms with Gasteiger partial charge in [-0.05, 0) is 48.0 Å². The molecule has 3 rings (SSSR count). The molecule has 0 fully saturated rings. The fourth-order valence-electron chi connectivity index (χ4n) is 2.51. The lowest BCUT2D eigenvalue weighted by Gasteiger charge is -2.11. The first kappa shape index (κ1) is 17.0. The number of nitrogens with zero attached hydrogens (tertiary/aromatic N) is 1. The van der Waals surface area contributed by atoms with Crippen molar-refractivity contribution in [3.8, 4) is 0 Å². The maximum Gasteiger partial charge on any atom is 0.319 e. The Morgan fingerprint density at radius 3 is 2.72 bits per heavy atom. The number of halogens is 2. The normalized spacial score (nSPS) is 10.5. The molecular weight excluding hydrogens is 341 g/mol. The van der Waals surface area contributed by atoms with Gasteiger partial charge >= 0.3 is 6.03 Å². The van der Waals surface area contributed by atoms with Crippen LogP contribution in [0.3, 0.4) is 0 Å². The summed E-state index contributed by atoms with van der Waals surface area (Å²) < 4.78 is 15.3. The van der Waals surface area contributed by atoms with E-state index in [1.54, 1.807) is 30.3 Å². The summed E-state index contributed by atoms with van der Waals surface area (Å²) in [4.78, 5) is 12.0. The molecule has 3 aromatic rings. The second-order valence-electron chi connectivity index (χ2n) is 5.58. The minimum absolute atomic E-state index is 0.259. The summed E-state index contributed by atoms with van der Waals surface area (Å²) in [5.74, 6) is -0.259. The van der Waals surface area contributed by atoms with Crippen LogP contribution in [0.15, 0.2) is 66.9 Å². The first-order valence-electron chi connectivity index (χ1n) is 7.79. The van der Waals surface area contributed by atoms with Gasteiger partial charge in [-0.2, -0.15) is 0 Å². The van der Waals surface area contributed by atoms with Crippen LogP contribution in [-0.2, 0) is 13.1 Å². The van der Waals surface area contributed by atoms with Gasteiger partial charge in [0.2, 0.25) is 0 Å². The highest BCUT2D eigenvalue weighted by atomic mass is 35.5. The number of carbonyl (C=O) groups is 1. The lowest BCUT2D eigenvalue weighted by Crippen LogP contribution is -2.29. The summed E-state index contributed by atoms with van der Waals surface area (Å²) in [7, 11) is 0. The van der Waals surface area contributed by atoms with E-state index >= 15 is 0 Å². The third-order valence-electron chi connectivity index (χ3n) is 3.68. The van der Waals surface area contributed by atoms with Gasteiger partial charge in [0.1, 0.15) is 5.82 Å². The molecule has 0 atom stereocenters. The summed E-state index contributed by atoms with van der Waals surface area (Å²) in [5.41, 5.74) is 2.41. The SMILES string of the molecule is O=C(NCc1cccn1Cc1cccc(F)c1)Nc1cccc(Cl)c1.